The smallest absolute Gasteiger partial charge is 0.319 e. The zero-order valence-corrected chi connectivity index (χ0v) is 13.4. The topological polar surface area (TPSA) is 75.7 Å². The van der Waals surface area contributed by atoms with Gasteiger partial charge in [0.15, 0.2) is 0 Å². The van der Waals surface area contributed by atoms with Gasteiger partial charge in [0.2, 0.25) is 5.88 Å². The SMILES string of the molecule is COc1ncccc1NC(=O)NCC(C)(C)N1CCOCC1. The molecule has 1 aliphatic heterocycles. The molecule has 2 heterocycles. The Morgan fingerprint density at radius 1 is 1.45 bits per heavy atom. The number of carbonyl (C=O) groups is 1. The van der Waals surface area contributed by atoms with Crippen LogP contribution in [-0.2, 0) is 4.74 Å². The number of carbonyl (C=O) groups excluding carboxylic acids is 1. The maximum Gasteiger partial charge on any atom is 0.319 e. The Bertz CT molecular complexity index is 501. The Morgan fingerprint density at radius 3 is 2.86 bits per heavy atom. The van der Waals surface area contributed by atoms with E-state index in [1.165, 1.54) is 7.11 Å². The van der Waals surface area contributed by atoms with Gasteiger partial charge in [0, 0.05) is 31.4 Å². The number of hydrogen-bond donors (Lipinski definition) is 2. The molecule has 1 saturated heterocycles. The molecule has 2 rings (SSSR count). The van der Waals surface area contributed by atoms with Crippen molar-refractivity contribution in [2.75, 3.05) is 45.3 Å². The molecule has 22 heavy (non-hydrogen) atoms. The number of morpholine rings is 1. The molecule has 1 aliphatic rings. The van der Waals surface area contributed by atoms with Gasteiger partial charge in [-0.1, -0.05) is 0 Å². The summed E-state index contributed by atoms with van der Waals surface area (Å²) in [5, 5.41) is 5.66. The molecule has 0 atom stereocenters. The van der Waals surface area contributed by atoms with Crippen LogP contribution in [0.5, 0.6) is 5.88 Å². The van der Waals surface area contributed by atoms with E-state index in [1.807, 2.05) is 0 Å². The zero-order chi connectivity index (χ0) is 16.0. The Kier molecular flexibility index (Phi) is 5.57. The number of methoxy groups -OCH3 is 1. The first-order chi connectivity index (χ1) is 10.5. The van der Waals surface area contributed by atoms with Crippen LogP contribution in [0.4, 0.5) is 10.5 Å². The van der Waals surface area contributed by atoms with E-state index in [0.29, 0.717) is 18.1 Å². The van der Waals surface area contributed by atoms with Gasteiger partial charge in [-0.15, -0.1) is 0 Å². The summed E-state index contributed by atoms with van der Waals surface area (Å²) in [6.07, 6.45) is 1.61. The van der Waals surface area contributed by atoms with Crippen molar-refractivity contribution >= 4 is 11.7 Å². The van der Waals surface area contributed by atoms with Crippen LogP contribution in [0.15, 0.2) is 18.3 Å². The first kappa shape index (κ1) is 16.5. The molecule has 0 radical (unpaired) electrons. The van der Waals surface area contributed by atoms with Crippen LogP contribution in [0.25, 0.3) is 0 Å². The van der Waals surface area contributed by atoms with Crippen molar-refractivity contribution in [1.29, 1.82) is 0 Å². The van der Waals surface area contributed by atoms with E-state index < -0.39 is 0 Å². The summed E-state index contributed by atoms with van der Waals surface area (Å²) in [6.45, 7) is 8.01. The Morgan fingerprint density at radius 2 is 2.18 bits per heavy atom. The number of ether oxygens (including phenoxy) is 2. The normalized spacial score (nSPS) is 16.1. The lowest BCUT2D eigenvalue weighted by atomic mass is 10.0. The minimum absolute atomic E-state index is 0.125. The van der Waals surface area contributed by atoms with Crippen LogP contribution in [0.2, 0.25) is 0 Å². The third-order valence-electron chi connectivity index (χ3n) is 3.76. The number of pyridine rings is 1. The molecule has 1 aromatic rings. The Balaban J connectivity index is 1.86. The van der Waals surface area contributed by atoms with Gasteiger partial charge in [-0.2, -0.15) is 0 Å². The summed E-state index contributed by atoms with van der Waals surface area (Å²) in [6, 6.07) is 3.22. The first-order valence-electron chi connectivity index (χ1n) is 7.39. The van der Waals surface area contributed by atoms with E-state index in [0.717, 1.165) is 26.3 Å². The van der Waals surface area contributed by atoms with E-state index >= 15 is 0 Å². The maximum absolute atomic E-state index is 12.1. The lowest BCUT2D eigenvalue weighted by Crippen LogP contribution is -2.55. The van der Waals surface area contributed by atoms with Crippen LogP contribution in [0, 0.1) is 0 Å². The molecule has 2 amide bonds. The highest BCUT2D eigenvalue weighted by Crippen LogP contribution is 2.20. The number of anilines is 1. The minimum atomic E-state index is -0.271. The molecule has 0 saturated carbocycles. The summed E-state index contributed by atoms with van der Waals surface area (Å²) >= 11 is 0. The number of nitrogens with one attached hydrogen (secondary N) is 2. The molecule has 2 N–H and O–H groups in total. The number of urea groups is 1. The maximum atomic E-state index is 12.1. The van der Waals surface area contributed by atoms with Crippen molar-refractivity contribution in [2.45, 2.75) is 19.4 Å². The van der Waals surface area contributed by atoms with Gasteiger partial charge in [0.05, 0.1) is 20.3 Å². The van der Waals surface area contributed by atoms with Crippen molar-refractivity contribution in [3.05, 3.63) is 18.3 Å². The molecule has 0 bridgehead atoms. The molecular weight excluding hydrogens is 284 g/mol. The third kappa shape index (κ3) is 4.32. The number of amides is 2. The second kappa shape index (κ2) is 7.42. The fraction of sp³-hybridized carbons (Fsp3) is 0.600. The second-order valence-corrected chi connectivity index (χ2v) is 5.78. The number of aromatic nitrogens is 1. The summed E-state index contributed by atoms with van der Waals surface area (Å²) in [5.41, 5.74) is 0.423. The largest absolute Gasteiger partial charge is 0.480 e. The number of hydrogen-bond acceptors (Lipinski definition) is 5. The van der Waals surface area contributed by atoms with E-state index in [2.05, 4.69) is 34.4 Å². The lowest BCUT2D eigenvalue weighted by Gasteiger charge is -2.40. The van der Waals surface area contributed by atoms with Crippen LogP contribution in [0.1, 0.15) is 13.8 Å². The highest BCUT2D eigenvalue weighted by Gasteiger charge is 2.28. The molecule has 0 aliphatic carbocycles. The van der Waals surface area contributed by atoms with Crippen molar-refractivity contribution in [2.24, 2.45) is 0 Å². The van der Waals surface area contributed by atoms with E-state index in [4.69, 9.17) is 9.47 Å². The van der Waals surface area contributed by atoms with Gasteiger partial charge in [-0.05, 0) is 26.0 Å². The van der Waals surface area contributed by atoms with Gasteiger partial charge in [0.1, 0.15) is 5.69 Å². The zero-order valence-electron chi connectivity index (χ0n) is 13.4. The van der Waals surface area contributed by atoms with Gasteiger partial charge in [-0.25, -0.2) is 9.78 Å². The molecule has 1 fully saturated rings. The summed E-state index contributed by atoms with van der Waals surface area (Å²) < 4.78 is 10.5. The third-order valence-corrected chi connectivity index (χ3v) is 3.76. The van der Waals surface area contributed by atoms with E-state index in [-0.39, 0.29) is 11.6 Å². The fourth-order valence-electron chi connectivity index (χ4n) is 2.39. The lowest BCUT2D eigenvalue weighted by molar-refractivity contribution is -0.00863. The first-order valence-corrected chi connectivity index (χ1v) is 7.39. The van der Waals surface area contributed by atoms with Crippen LogP contribution in [-0.4, -0.2) is 61.4 Å². The van der Waals surface area contributed by atoms with Crippen molar-refractivity contribution < 1.29 is 14.3 Å². The Hall–Kier alpha value is -1.86. The average molecular weight is 308 g/mol. The minimum Gasteiger partial charge on any atom is -0.480 e. The molecule has 7 heteroatoms. The molecule has 7 nitrogen and oxygen atoms in total. The van der Waals surface area contributed by atoms with Gasteiger partial charge >= 0.3 is 6.03 Å². The molecule has 0 spiro atoms. The highest BCUT2D eigenvalue weighted by molar-refractivity contribution is 5.90. The highest BCUT2D eigenvalue weighted by atomic mass is 16.5. The summed E-state index contributed by atoms with van der Waals surface area (Å²) in [5.74, 6) is 0.394. The van der Waals surface area contributed by atoms with Crippen molar-refractivity contribution in [3.8, 4) is 5.88 Å². The molecule has 0 aromatic carbocycles. The van der Waals surface area contributed by atoms with E-state index in [9.17, 15) is 4.79 Å². The van der Waals surface area contributed by atoms with Crippen LogP contribution < -0.4 is 15.4 Å². The van der Waals surface area contributed by atoms with Crippen LogP contribution >= 0.6 is 0 Å². The molecule has 0 unspecified atom stereocenters. The summed E-state index contributed by atoms with van der Waals surface area (Å²) in [4.78, 5) is 18.4. The van der Waals surface area contributed by atoms with Crippen molar-refractivity contribution in [1.82, 2.24) is 15.2 Å². The average Bonchev–Trinajstić information content (AvgIpc) is 2.54. The molecular formula is C15H24N4O3. The standard InChI is InChI=1S/C15H24N4O3/c1-15(2,19-7-9-22-10-8-19)11-17-14(20)18-12-5-4-6-16-13(12)21-3/h4-6H,7-11H2,1-3H3,(H2,17,18,20). The molecule has 1 aromatic heterocycles. The van der Waals surface area contributed by atoms with Gasteiger partial charge < -0.3 is 20.1 Å². The van der Waals surface area contributed by atoms with E-state index in [1.54, 1.807) is 18.3 Å². The van der Waals surface area contributed by atoms with Crippen LogP contribution in [0.3, 0.4) is 0 Å². The second-order valence-electron chi connectivity index (χ2n) is 5.78. The predicted octanol–water partition coefficient (Wildman–Crippen LogP) is 1.32. The molecule has 122 valence electrons. The fourth-order valence-corrected chi connectivity index (χ4v) is 2.39. The monoisotopic (exact) mass is 308 g/mol. The Labute approximate surface area is 131 Å². The number of nitrogens with zero attached hydrogens (tertiary/aromatic N) is 2. The van der Waals surface area contributed by atoms with Gasteiger partial charge in [0.25, 0.3) is 0 Å². The van der Waals surface area contributed by atoms with Gasteiger partial charge in [-0.3, -0.25) is 4.90 Å². The van der Waals surface area contributed by atoms with Crippen molar-refractivity contribution in [3.63, 3.8) is 0 Å². The number of rotatable bonds is 5. The quantitative estimate of drug-likeness (QED) is 0.858. The predicted molar refractivity (Wildman–Crippen MR) is 84.3 cm³/mol. The summed E-state index contributed by atoms with van der Waals surface area (Å²) in [7, 11) is 1.52.